The predicted molar refractivity (Wildman–Crippen MR) is 131 cm³/mol. The first-order valence-electron chi connectivity index (χ1n) is 13.2. The van der Waals surface area contributed by atoms with Crippen molar-refractivity contribution >= 4 is 28.0 Å². The average molecular weight is 575 g/mol. The number of hydrogen-bond donors (Lipinski definition) is 1. The van der Waals surface area contributed by atoms with Crippen LogP contribution in [0.3, 0.4) is 0 Å². The third-order valence-corrected chi connectivity index (χ3v) is 7.44. The van der Waals surface area contributed by atoms with E-state index in [1.54, 1.807) is 0 Å². The van der Waals surface area contributed by atoms with E-state index in [2.05, 4.69) is 6.92 Å². The molecule has 2 unspecified atom stereocenters. The zero-order valence-electron chi connectivity index (χ0n) is 22.5. The number of aliphatic hydroxyl groups excluding tert-OH is 1. The summed E-state index contributed by atoms with van der Waals surface area (Å²) in [6.45, 7) is 0.131. The van der Waals surface area contributed by atoms with Crippen LogP contribution in [0.25, 0.3) is 0 Å². The van der Waals surface area contributed by atoms with Crippen molar-refractivity contribution < 1.29 is 98.1 Å². The number of carbonyl (C=O) groups is 3. The fraction of sp³-hybridized carbons (Fsp3) is 0.880. The average Bonchev–Trinajstić information content (AvgIpc) is 2.90. The topological polar surface area (TPSA) is 156 Å². The Bertz CT molecular complexity index is 773. The second-order valence-electron chi connectivity index (χ2n) is 9.77. The van der Waals surface area contributed by atoms with Crippen LogP contribution in [0.1, 0.15) is 103 Å². The quantitative estimate of drug-likeness (QED) is 0.0799. The molecular weight excluding hydrogens is 531 g/mol. The Morgan fingerprint density at radius 3 is 1.92 bits per heavy atom. The molecule has 0 aromatic carbocycles. The van der Waals surface area contributed by atoms with Gasteiger partial charge in [0.05, 0.1) is 18.4 Å². The third-order valence-electron chi connectivity index (χ3n) is 6.38. The molecule has 2 atom stereocenters. The molecule has 37 heavy (non-hydrogen) atoms. The molecule has 0 radical (unpaired) electrons. The Balaban J connectivity index is 0.0000130. The molecule has 1 fully saturated rings. The van der Waals surface area contributed by atoms with Crippen LogP contribution in [0.15, 0.2) is 0 Å². The summed E-state index contributed by atoms with van der Waals surface area (Å²) in [4.78, 5) is 36.0. The molecule has 10 nitrogen and oxygen atoms in total. The maximum absolute atomic E-state index is 12.1. The standard InChI is InChI=1S/C25H44O10S.K/c1-2-3-4-5-6-7-8-9-10-11-12-13-14-15-22(27)33-18-25(17-26)19-34-23(28)16-21(36(30,31)32)24(29)35-20-25;/h21,26H,2-20H2,1H3,(H,30,31,32);/q;+1/p-1. The van der Waals surface area contributed by atoms with Crippen molar-refractivity contribution in [3.63, 3.8) is 0 Å². The number of rotatable bonds is 18. The monoisotopic (exact) mass is 574 g/mol. The predicted octanol–water partition coefficient (Wildman–Crippen LogP) is 0.398. The second kappa shape index (κ2) is 20.8. The van der Waals surface area contributed by atoms with Crippen molar-refractivity contribution in [3.05, 3.63) is 0 Å². The Labute approximate surface area is 264 Å². The van der Waals surface area contributed by atoms with Gasteiger partial charge in [-0.2, -0.15) is 0 Å². The van der Waals surface area contributed by atoms with Crippen molar-refractivity contribution in [3.8, 4) is 0 Å². The molecule has 1 saturated heterocycles. The summed E-state index contributed by atoms with van der Waals surface area (Å²) >= 11 is 0. The van der Waals surface area contributed by atoms with Gasteiger partial charge in [0, 0.05) is 6.42 Å². The van der Waals surface area contributed by atoms with Gasteiger partial charge >= 0.3 is 69.3 Å². The Kier molecular flexibility index (Phi) is 20.7. The SMILES string of the molecule is CCCCCCCCCCCCCCCC(=O)OCC1(CO)COC(=O)CC(S(=O)(=O)[O-])C(=O)OC1.[K+]. The number of ether oxygens (including phenoxy) is 3. The van der Waals surface area contributed by atoms with Crippen LogP contribution in [-0.2, 0) is 38.7 Å². The van der Waals surface area contributed by atoms with Crippen molar-refractivity contribution in [2.45, 2.75) is 108 Å². The van der Waals surface area contributed by atoms with Crippen LogP contribution < -0.4 is 51.4 Å². The van der Waals surface area contributed by atoms with Gasteiger partial charge in [0.2, 0.25) is 0 Å². The van der Waals surface area contributed by atoms with Crippen molar-refractivity contribution in [1.29, 1.82) is 0 Å². The molecule has 1 aliphatic rings. The van der Waals surface area contributed by atoms with Gasteiger partial charge in [-0.05, 0) is 6.42 Å². The van der Waals surface area contributed by atoms with Gasteiger partial charge in [0.15, 0.2) is 5.25 Å². The molecule has 1 N–H and O–H groups in total. The Hall–Kier alpha value is -0.0836. The largest absolute Gasteiger partial charge is 1.00 e. The van der Waals surface area contributed by atoms with Crippen LogP contribution in [0.4, 0.5) is 0 Å². The van der Waals surface area contributed by atoms with E-state index in [9.17, 15) is 32.5 Å². The van der Waals surface area contributed by atoms with Gasteiger partial charge < -0.3 is 23.9 Å². The normalized spacial score (nSPS) is 20.6. The van der Waals surface area contributed by atoms with E-state index in [-0.39, 0.29) is 57.8 Å². The Morgan fingerprint density at radius 2 is 1.43 bits per heavy atom. The smallest absolute Gasteiger partial charge is 0.747 e. The first kappa shape index (κ1) is 36.9. The zero-order valence-corrected chi connectivity index (χ0v) is 26.5. The molecule has 0 spiro atoms. The summed E-state index contributed by atoms with van der Waals surface area (Å²) in [5, 5.41) is 7.58. The number of carbonyl (C=O) groups excluding carboxylic acids is 3. The molecule has 0 aromatic rings. The summed E-state index contributed by atoms with van der Waals surface area (Å²) < 4.78 is 48.8. The molecule has 0 amide bonds. The van der Waals surface area contributed by atoms with E-state index in [1.165, 1.54) is 57.8 Å². The molecule has 0 saturated carbocycles. The van der Waals surface area contributed by atoms with Crippen LogP contribution in [0, 0.1) is 5.41 Å². The van der Waals surface area contributed by atoms with Gasteiger partial charge in [0.25, 0.3) is 0 Å². The van der Waals surface area contributed by atoms with Crippen LogP contribution in [0.2, 0.25) is 0 Å². The molecule has 1 rings (SSSR count). The van der Waals surface area contributed by atoms with Crippen LogP contribution in [0.5, 0.6) is 0 Å². The number of aliphatic hydroxyl groups is 1. The Morgan fingerprint density at radius 1 is 0.946 bits per heavy atom. The number of hydrogen-bond acceptors (Lipinski definition) is 10. The minimum atomic E-state index is -5.13. The third kappa shape index (κ3) is 16.6. The van der Waals surface area contributed by atoms with E-state index in [1.807, 2.05) is 0 Å². The van der Waals surface area contributed by atoms with Gasteiger partial charge in [-0.3, -0.25) is 14.4 Å². The summed E-state index contributed by atoms with van der Waals surface area (Å²) in [7, 11) is -5.13. The first-order chi connectivity index (χ1) is 17.1. The fourth-order valence-electron chi connectivity index (χ4n) is 3.92. The maximum Gasteiger partial charge on any atom is 1.00 e. The molecule has 0 bridgehead atoms. The summed E-state index contributed by atoms with van der Waals surface area (Å²) in [5.74, 6) is -3.00. The summed E-state index contributed by atoms with van der Waals surface area (Å²) in [6, 6.07) is 0. The molecular formula is C25H43KO10S. The zero-order chi connectivity index (χ0) is 26.9. The number of cyclic esters (lactones) is 2. The number of unbranched alkanes of at least 4 members (excludes halogenated alkanes) is 12. The maximum atomic E-state index is 12.1. The van der Waals surface area contributed by atoms with Crippen LogP contribution >= 0.6 is 0 Å². The second-order valence-corrected chi connectivity index (χ2v) is 11.3. The van der Waals surface area contributed by atoms with Gasteiger partial charge in [-0.1, -0.05) is 84.0 Å². The van der Waals surface area contributed by atoms with Crippen molar-refractivity contribution in [1.82, 2.24) is 0 Å². The number of esters is 3. The van der Waals surface area contributed by atoms with Gasteiger partial charge in [-0.15, -0.1) is 0 Å². The van der Waals surface area contributed by atoms with E-state index >= 15 is 0 Å². The van der Waals surface area contributed by atoms with Gasteiger partial charge in [0.1, 0.15) is 29.9 Å². The van der Waals surface area contributed by atoms with E-state index in [0.29, 0.717) is 6.42 Å². The minimum absolute atomic E-state index is 0. The molecule has 0 aromatic heterocycles. The summed E-state index contributed by atoms with van der Waals surface area (Å²) in [5.41, 5.74) is -1.45. The van der Waals surface area contributed by atoms with Crippen LogP contribution in [-0.4, -0.2) is 67.7 Å². The molecule has 1 aliphatic heterocycles. The fourth-order valence-corrected chi connectivity index (χ4v) is 4.56. The van der Waals surface area contributed by atoms with Crippen molar-refractivity contribution in [2.24, 2.45) is 5.41 Å². The summed E-state index contributed by atoms with van der Waals surface area (Å²) in [6.07, 6.45) is 14.6. The molecule has 0 aliphatic carbocycles. The van der Waals surface area contributed by atoms with Crippen molar-refractivity contribution in [2.75, 3.05) is 26.4 Å². The van der Waals surface area contributed by atoms with Gasteiger partial charge in [-0.25, -0.2) is 8.42 Å². The minimum Gasteiger partial charge on any atom is -0.747 e. The first-order valence-corrected chi connectivity index (χ1v) is 14.6. The van der Waals surface area contributed by atoms with E-state index in [0.717, 1.165) is 19.3 Å². The molecule has 12 heteroatoms. The van der Waals surface area contributed by atoms with E-state index in [4.69, 9.17) is 14.2 Å². The van der Waals surface area contributed by atoms with E-state index < -0.39 is 71.5 Å². The molecule has 1 heterocycles. The molecule has 210 valence electrons.